The quantitative estimate of drug-likeness (QED) is 0.614. The number of H-pyrrole nitrogens is 1. The number of fused-ring (bicyclic) bond motifs is 3. The summed E-state index contributed by atoms with van der Waals surface area (Å²) in [7, 11) is 3.18. The second kappa shape index (κ2) is 6.22. The Balaban J connectivity index is 1.85. The van der Waals surface area contributed by atoms with Crippen molar-refractivity contribution in [3.63, 3.8) is 0 Å². The van der Waals surface area contributed by atoms with Gasteiger partial charge in [0.15, 0.2) is 11.5 Å². The van der Waals surface area contributed by atoms with Gasteiger partial charge in [-0.15, -0.1) is 0 Å². The number of hydrogen-bond donors (Lipinski definition) is 1. The molecule has 0 fully saturated rings. The number of benzene rings is 2. The average molecular weight is 349 g/mol. The summed E-state index contributed by atoms with van der Waals surface area (Å²) < 4.78 is 12.4. The van der Waals surface area contributed by atoms with Crippen molar-refractivity contribution in [3.8, 4) is 11.5 Å². The highest BCUT2D eigenvalue weighted by Crippen LogP contribution is 2.31. The van der Waals surface area contributed by atoms with Gasteiger partial charge in [-0.05, 0) is 25.1 Å². The Bertz CT molecular complexity index is 1170. The van der Waals surface area contributed by atoms with E-state index in [2.05, 4.69) is 9.97 Å². The highest BCUT2D eigenvalue weighted by atomic mass is 16.5. The second-order valence-electron chi connectivity index (χ2n) is 6.23. The Labute approximate surface area is 150 Å². The van der Waals surface area contributed by atoms with E-state index in [1.165, 1.54) is 0 Å². The smallest absolute Gasteiger partial charge is 0.277 e. The van der Waals surface area contributed by atoms with Crippen LogP contribution in [0.4, 0.5) is 0 Å². The van der Waals surface area contributed by atoms with E-state index >= 15 is 0 Å². The van der Waals surface area contributed by atoms with Gasteiger partial charge >= 0.3 is 0 Å². The number of rotatable bonds is 4. The van der Waals surface area contributed by atoms with E-state index in [0.29, 0.717) is 29.1 Å². The summed E-state index contributed by atoms with van der Waals surface area (Å²) in [5.74, 6) is 1.25. The minimum absolute atomic E-state index is 0.117. The van der Waals surface area contributed by atoms with Crippen LogP contribution in [0.1, 0.15) is 11.1 Å². The highest BCUT2D eigenvalue weighted by molar-refractivity contribution is 6.04. The van der Waals surface area contributed by atoms with E-state index in [-0.39, 0.29) is 5.56 Å². The summed E-state index contributed by atoms with van der Waals surface area (Å²) in [6, 6.07) is 11.6. The Kier molecular flexibility index (Phi) is 3.88. The van der Waals surface area contributed by atoms with Crippen molar-refractivity contribution in [2.75, 3.05) is 14.2 Å². The second-order valence-corrected chi connectivity index (χ2v) is 6.23. The monoisotopic (exact) mass is 349 g/mol. The Morgan fingerprint density at radius 3 is 2.77 bits per heavy atom. The number of ether oxygens (including phenoxy) is 2. The van der Waals surface area contributed by atoms with Gasteiger partial charge in [0.25, 0.3) is 5.56 Å². The van der Waals surface area contributed by atoms with Gasteiger partial charge < -0.3 is 14.5 Å². The number of methoxy groups -OCH3 is 2. The molecule has 1 N–H and O–H groups in total. The minimum atomic E-state index is -0.117. The molecule has 2 aromatic heterocycles. The maximum absolute atomic E-state index is 13.0. The topological polar surface area (TPSA) is 69.1 Å². The third kappa shape index (κ3) is 2.50. The van der Waals surface area contributed by atoms with Gasteiger partial charge in [-0.2, -0.15) is 0 Å². The van der Waals surface area contributed by atoms with Gasteiger partial charge in [0.2, 0.25) is 0 Å². The Morgan fingerprint density at radius 2 is 2.00 bits per heavy atom. The van der Waals surface area contributed by atoms with E-state index in [4.69, 9.17) is 9.47 Å². The molecule has 0 aliphatic heterocycles. The maximum atomic E-state index is 13.0. The van der Waals surface area contributed by atoms with Crippen LogP contribution in [0.15, 0.2) is 47.5 Å². The van der Waals surface area contributed by atoms with E-state index in [1.54, 1.807) is 25.1 Å². The lowest BCUT2D eigenvalue weighted by Crippen LogP contribution is -2.21. The third-order valence-corrected chi connectivity index (χ3v) is 4.55. The minimum Gasteiger partial charge on any atom is -0.493 e. The maximum Gasteiger partial charge on any atom is 0.277 e. The molecule has 0 saturated heterocycles. The summed E-state index contributed by atoms with van der Waals surface area (Å²) >= 11 is 0. The number of aromatic nitrogens is 3. The molecule has 0 amide bonds. The van der Waals surface area contributed by atoms with Crippen LogP contribution in [-0.2, 0) is 6.54 Å². The van der Waals surface area contributed by atoms with Crippen molar-refractivity contribution in [1.82, 2.24) is 14.5 Å². The predicted molar refractivity (Wildman–Crippen MR) is 101 cm³/mol. The molecule has 0 atom stereocenters. The first-order chi connectivity index (χ1) is 12.6. The van der Waals surface area contributed by atoms with Crippen LogP contribution in [0.25, 0.3) is 21.9 Å². The molecule has 0 radical (unpaired) electrons. The van der Waals surface area contributed by atoms with Gasteiger partial charge in [-0.25, -0.2) is 4.98 Å². The molecule has 0 aliphatic carbocycles. The van der Waals surface area contributed by atoms with Crippen molar-refractivity contribution in [2.45, 2.75) is 13.5 Å². The zero-order valence-corrected chi connectivity index (χ0v) is 14.9. The van der Waals surface area contributed by atoms with E-state index < -0.39 is 0 Å². The number of para-hydroxylation sites is 1. The molecule has 0 bridgehead atoms. The van der Waals surface area contributed by atoms with Crippen LogP contribution in [0, 0.1) is 6.92 Å². The zero-order valence-electron chi connectivity index (χ0n) is 14.9. The predicted octanol–water partition coefficient (Wildman–Crippen LogP) is 3.25. The third-order valence-electron chi connectivity index (χ3n) is 4.55. The van der Waals surface area contributed by atoms with Crippen molar-refractivity contribution < 1.29 is 9.47 Å². The van der Waals surface area contributed by atoms with E-state index in [9.17, 15) is 4.79 Å². The number of hydrogen-bond acceptors (Lipinski definition) is 4. The molecule has 4 rings (SSSR count). The van der Waals surface area contributed by atoms with E-state index in [1.807, 2.05) is 43.3 Å². The van der Waals surface area contributed by atoms with Gasteiger partial charge in [0.05, 0.1) is 27.1 Å². The molecule has 26 heavy (non-hydrogen) atoms. The Morgan fingerprint density at radius 1 is 1.15 bits per heavy atom. The molecule has 132 valence electrons. The van der Waals surface area contributed by atoms with Crippen molar-refractivity contribution >= 4 is 21.9 Å². The van der Waals surface area contributed by atoms with Gasteiger partial charge in [-0.1, -0.05) is 23.8 Å². The summed E-state index contributed by atoms with van der Waals surface area (Å²) in [4.78, 5) is 20.7. The molecule has 6 heteroatoms. The Hall–Kier alpha value is -3.28. The van der Waals surface area contributed by atoms with Crippen LogP contribution < -0.4 is 15.0 Å². The van der Waals surface area contributed by atoms with Crippen LogP contribution in [0.2, 0.25) is 0 Å². The first kappa shape index (κ1) is 16.2. The van der Waals surface area contributed by atoms with E-state index in [0.717, 1.165) is 22.0 Å². The van der Waals surface area contributed by atoms with Gasteiger partial charge in [-0.3, -0.25) is 9.36 Å². The largest absolute Gasteiger partial charge is 0.493 e. The van der Waals surface area contributed by atoms with Crippen molar-refractivity contribution in [2.24, 2.45) is 0 Å². The summed E-state index contributed by atoms with van der Waals surface area (Å²) in [6.07, 6.45) is 1.58. The lowest BCUT2D eigenvalue weighted by Gasteiger charge is -2.13. The number of nitrogens with one attached hydrogen (secondary N) is 1. The highest BCUT2D eigenvalue weighted by Gasteiger charge is 2.14. The summed E-state index contributed by atoms with van der Waals surface area (Å²) in [5.41, 5.74) is 3.98. The van der Waals surface area contributed by atoms with Crippen molar-refractivity contribution in [1.29, 1.82) is 0 Å². The number of aromatic amines is 1. The molecule has 2 aromatic carbocycles. The molecule has 6 nitrogen and oxygen atoms in total. The first-order valence-corrected chi connectivity index (χ1v) is 8.29. The SMILES string of the molecule is COc1cccc(Cn2cnc3c([nH]c4ccc(C)cc43)c2=O)c1OC. The zero-order chi connectivity index (χ0) is 18.3. The molecule has 0 saturated carbocycles. The fraction of sp³-hybridized carbons (Fsp3) is 0.200. The lowest BCUT2D eigenvalue weighted by atomic mass is 10.1. The standard InChI is InChI=1S/C20H19N3O3/c1-12-7-8-15-14(9-12)17-18(22-15)20(24)23(11-21-17)10-13-5-4-6-16(25-2)19(13)26-3/h4-9,11,22H,10H2,1-3H3. The molecule has 0 aliphatic rings. The van der Waals surface area contributed by atoms with Gasteiger partial charge in [0.1, 0.15) is 11.0 Å². The van der Waals surface area contributed by atoms with Crippen LogP contribution >= 0.6 is 0 Å². The van der Waals surface area contributed by atoms with Crippen molar-refractivity contribution in [3.05, 3.63) is 64.2 Å². The molecule has 2 heterocycles. The number of nitrogens with zero attached hydrogens (tertiary/aromatic N) is 2. The fourth-order valence-electron chi connectivity index (χ4n) is 3.28. The molecule has 0 unspecified atom stereocenters. The molecule has 0 spiro atoms. The van der Waals surface area contributed by atoms with Crippen LogP contribution in [-0.4, -0.2) is 28.8 Å². The fourth-order valence-corrected chi connectivity index (χ4v) is 3.28. The average Bonchev–Trinajstić information content (AvgIpc) is 3.02. The summed E-state index contributed by atoms with van der Waals surface area (Å²) in [5, 5.41) is 0.961. The lowest BCUT2D eigenvalue weighted by molar-refractivity contribution is 0.351. The summed E-state index contributed by atoms with van der Waals surface area (Å²) in [6.45, 7) is 2.37. The van der Waals surface area contributed by atoms with Crippen LogP contribution in [0.5, 0.6) is 11.5 Å². The first-order valence-electron chi connectivity index (χ1n) is 8.29. The number of aryl methyl sites for hydroxylation is 1. The normalized spacial score (nSPS) is 11.2. The van der Waals surface area contributed by atoms with Gasteiger partial charge in [0, 0.05) is 16.5 Å². The van der Waals surface area contributed by atoms with Crippen LogP contribution in [0.3, 0.4) is 0 Å². The molecule has 4 aromatic rings. The molecular weight excluding hydrogens is 330 g/mol. The molecular formula is C20H19N3O3.